The second-order valence-electron chi connectivity index (χ2n) is 4.44. The van der Waals surface area contributed by atoms with Crippen LogP contribution in [0.5, 0.6) is 0 Å². The summed E-state index contributed by atoms with van der Waals surface area (Å²) in [7, 11) is 0. The molecule has 0 aliphatic heterocycles. The van der Waals surface area contributed by atoms with Crippen molar-refractivity contribution in [3.63, 3.8) is 0 Å². The molecule has 8 heteroatoms. The van der Waals surface area contributed by atoms with Crippen LogP contribution in [0.1, 0.15) is 32.6 Å². The Kier molecular flexibility index (Phi) is 9.06. The van der Waals surface area contributed by atoms with E-state index in [0.29, 0.717) is 6.42 Å². The molecule has 0 saturated carbocycles. The number of carbonyl (C=O) groups is 2. The standard InChI is InChI=1S/C12H22O8/c1-2-3-4-5-6-20-12(19)10(16)8(14)7(13)9(15)11(17)18/h7-10,13-16H,2-6H2,1H3,(H,17,18)/t7-,8+,9+,10-/m0/s1. The van der Waals surface area contributed by atoms with E-state index in [1.54, 1.807) is 0 Å². The molecule has 4 atom stereocenters. The average molecular weight is 294 g/mol. The molecule has 5 N–H and O–H groups in total. The molecule has 118 valence electrons. The monoisotopic (exact) mass is 294 g/mol. The largest absolute Gasteiger partial charge is 0.479 e. The van der Waals surface area contributed by atoms with Gasteiger partial charge >= 0.3 is 11.9 Å². The quantitative estimate of drug-likeness (QED) is 0.245. The number of rotatable bonds is 10. The number of carboxylic acids is 1. The van der Waals surface area contributed by atoms with E-state index < -0.39 is 36.4 Å². The van der Waals surface area contributed by atoms with E-state index >= 15 is 0 Å². The fourth-order valence-electron chi connectivity index (χ4n) is 1.45. The van der Waals surface area contributed by atoms with Gasteiger partial charge in [-0.3, -0.25) is 0 Å². The molecule has 0 heterocycles. The van der Waals surface area contributed by atoms with Crippen molar-refractivity contribution in [3.8, 4) is 0 Å². The third-order valence-electron chi connectivity index (χ3n) is 2.73. The molecule has 0 saturated heterocycles. The maximum absolute atomic E-state index is 11.3. The van der Waals surface area contributed by atoms with Crippen molar-refractivity contribution < 1.29 is 39.9 Å². The number of carboxylic acid groups (broad SMARTS) is 1. The van der Waals surface area contributed by atoms with E-state index in [0.717, 1.165) is 19.3 Å². The molecule has 0 radical (unpaired) electrons. The first-order valence-electron chi connectivity index (χ1n) is 6.44. The van der Waals surface area contributed by atoms with Gasteiger partial charge < -0.3 is 30.3 Å². The van der Waals surface area contributed by atoms with E-state index in [2.05, 4.69) is 4.74 Å². The van der Waals surface area contributed by atoms with Gasteiger partial charge in [-0.15, -0.1) is 0 Å². The number of aliphatic hydroxyl groups is 4. The average Bonchev–Trinajstić information content (AvgIpc) is 2.43. The number of aliphatic hydroxyl groups excluding tert-OH is 4. The van der Waals surface area contributed by atoms with Gasteiger partial charge in [0.25, 0.3) is 0 Å². The molecular formula is C12H22O8. The fraction of sp³-hybridized carbons (Fsp3) is 0.833. The van der Waals surface area contributed by atoms with Gasteiger partial charge in [-0.05, 0) is 6.42 Å². The van der Waals surface area contributed by atoms with Crippen LogP contribution in [-0.2, 0) is 14.3 Å². The highest BCUT2D eigenvalue weighted by Crippen LogP contribution is 2.08. The molecule has 0 aliphatic rings. The lowest BCUT2D eigenvalue weighted by molar-refractivity contribution is -0.176. The highest BCUT2D eigenvalue weighted by Gasteiger charge is 2.38. The van der Waals surface area contributed by atoms with Crippen LogP contribution in [0, 0.1) is 0 Å². The Morgan fingerprint density at radius 3 is 2.00 bits per heavy atom. The Balaban J connectivity index is 4.18. The molecule has 0 unspecified atom stereocenters. The van der Waals surface area contributed by atoms with Gasteiger partial charge in [0.15, 0.2) is 12.2 Å². The molecule has 0 aliphatic carbocycles. The molecule has 0 aromatic rings. The maximum atomic E-state index is 11.3. The lowest BCUT2D eigenvalue weighted by atomic mass is 10.0. The lowest BCUT2D eigenvalue weighted by Gasteiger charge is -2.23. The Hall–Kier alpha value is -1.22. The Morgan fingerprint density at radius 1 is 0.950 bits per heavy atom. The number of hydrogen-bond acceptors (Lipinski definition) is 7. The molecule has 8 nitrogen and oxygen atoms in total. The number of carbonyl (C=O) groups excluding carboxylic acids is 1. The van der Waals surface area contributed by atoms with Crippen LogP contribution in [0.15, 0.2) is 0 Å². The summed E-state index contributed by atoms with van der Waals surface area (Å²) >= 11 is 0. The summed E-state index contributed by atoms with van der Waals surface area (Å²) in [5.74, 6) is -2.96. The summed E-state index contributed by atoms with van der Waals surface area (Å²) in [6.07, 6.45) is -5.34. The van der Waals surface area contributed by atoms with E-state index in [1.807, 2.05) is 6.92 Å². The Morgan fingerprint density at radius 2 is 1.50 bits per heavy atom. The number of hydrogen-bond donors (Lipinski definition) is 5. The highest BCUT2D eigenvalue weighted by molar-refractivity contribution is 5.76. The summed E-state index contributed by atoms with van der Waals surface area (Å²) in [6.45, 7) is 2.07. The van der Waals surface area contributed by atoms with Crippen LogP contribution in [0.2, 0.25) is 0 Å². The third kappa shape index (κ3) is 6.29. The topological polar surface area (TPSA) is 145 Å². The van der Waals surface area contributed by atoms with Gasteiger partial charge in [0, 0.05) is 0 Å². The summed E-state index contributed by atoms with van der Waals surface area (Å²) in [6, 6.07) is 0. The summed E-state index contributed by atoms with van der Waals surface area (Å²) < 4.78 is 4.67. The van der Waals surface area contributed by atoms with Gasteiger partial charge in [0.05, 0.1) is 6.61 Å². The van der Waals surface area contributed by atoms with Crippen LogP contribution < -0.4 is 0 Å². The first-order chi connectivity index (χ1) is 9.32. The molecular weight excluding hydrogens is 272 g/mol. The fourth-order valence-corrected chi connectivity index (χ4v) is 1.45. The summed E-state index contributed by atoms with van der Waals surface area (Å²) in [5, 5.41) is 45.5. The zero-order chi connectivity index (χ0) is 15.7. The SMILES string of the molecule is CCCCCCOC(=O)[C@@H](O)[C@H](O)[C@H](O)[C@@H](O)C(=O)O. The smallest absolute Gasteiger partial charge is 0.337 e. The second-order valence-corrected chi connectivity index (χ2v) is 4.44. The minimum absolute atomic E-state index is 0.0557. The van der Waals surface area contributed by atoms with Crippen LogP contribution in [0.4, 0.5) is 0 Å². The number of unbranched alkanes of at least 4 members (excludes halogenated alkanes) is 3. The van der Waals surface area contributed by atoms with Gasteiger partial charge in [-0.1, -0.05) is 26.2 Å². The van der Waals surface area contributed by atoms with Gasteiger partial charge in [-0.25, -0.2) is 9.59 Å². The summed E-state index contributed by atoms with van der Waals surface area (Å²) in [4.78, 5) is 21.7. The van der Waals surface area contributed by atoms with Crippen molar-refractivity contribution in [3.05, 3.63) is 0 Å². The van der Waals surface area contributed by atoms with Gasteiger partial charge in [0.1, 0.15) is 12.2 Å². The van der Waals surface area contributed by atoms with Crippen LogP contribution >= 0.6 is 0 Å². The number of aliphatic carboxylic acids is 1. The molecule has 0 rings (SSSR count). The molecule has 0 bridgehead atoms. The third-order valence-corrected chi connectivity index (χ3v) is 2.73. The van der Waals surface area contributed by atoms with Crippen molar-refractivity contribution in [2.45, 2.75) is 57.0 Å². The van der Waals surface area contributed by atoms with Crippen molar-refractivity contribution in [2.75, 3.05) is 6.61 Å². The van der Waals surface area contributed by atoms with Crippen molar-refractivity contribution in [2.24, 2.45) is 0 Å². The van der Waals surface area contributed by atoms with Crippen molar-refractivity contribution in [1.29, 1.82) is 0 Å². The van der Waals surface area contributed by atoms with Crippen molar-refractivity contribution in [1.82, 2.24) is 0 Å². The Labute approximate surface area is 116 Å². The predicted octanol–water partition coefficient (Wildman–Crippen LogP) is -1.36. The second kappa shape index (κ2) is 9.65. The van der Waals surface area contributed by atoms with Crippen LogP contribution in [-0.4, -0.2) is 68.5 Å². The van der Waals surface area contributed by atoms with E-state index in [4.69, 9.17) is 10.2 Å². The highest BCUT2D eigenvalue weighted by atomic mass is 16.5. The van der Waals surface area contributed by atoms with Gasteiger partial charge in [-0.2, -0.15) is 0 Å². The molecule has 0 amide bonds. The number of ether oxygens (including phenoxy) is 1. The first kappa shape index (κ1) is 18.8. The maximum Gasteiger partial charge on any atom is 0.337 e. The molecule has 0 aromatic carbocycles. The van der Waals surface area contributed by atoms with E-state index in [1.165, 1.54) is 0 Å². The Bertz CT molecular complexity index is 306. The normalized spacial score (nSPS) is 17.1. The van der Waals surface area contributed by atoms with E-state index in [9.17, 15) is 24.9 Å². The minimum Gasteiger partial charge on any atom is -0.479 e. The zero-order valence-corrected chi connectivity index (χ0v) is 11.3. The lowest BCUT2D eigenvalue weighted by Crippen LogP contribution is -2.50. The van der Waals surface area contributed by atoms with Gasteiger partial charge in [0.2, 0.25) is 0 Å². The molecule has 0 spiro atoms. The molecule has 0 fully saturated rings. The van der Waals surface area contributed by atoms with E-state index in [-0.39, 0.29) is 6.61 Å². The van der Waals surface area contributed by atoms with Crippen molar-refractivity contribution >= 4 is 11.9 Å². The first-order valence-corrected chi connectivity index (χ1v) is 6.44. The minimum atomic E-state index is -2.31. The predicted molar refractivity (Wildman–Crippen MR) is 66.8 cm³/mol. The number of esters is 1. The molecule has 20 heavy (non-hydrogen) atoms. The van der Waals surface area contributed by atoms with Crippen LogP contribution in [0.25, 0.3) is 0 Å². The zero-order valence-electron chi connectivity index (χ0n) is 11.3. The summed E-state index contributed by atoms with van der Waals surface area (Å²) in [5.41, 5.74) is 0. The molecule has 0 aromatic heterocycles. The van der Waals surface area contributed by atoms with Crippen LogP contribution in [0.3, 0.4) is 0 Å².